The topological polar surface area (TPSA) is 114 Å². The monoisotopic (exact) mass is 493 g/mol. The van der Waals surface area contributed by atoms with Gasteiger partial charge in [-0.25, -0.2) is 0 Å². The number of ether oxygens (including phenoxy) is 1. The van der Waals surface area contributed by atoms with E-state index in [1.165, 1.54) is 23.5 Å². The van der Waals surface area contributed by atoms with E-state index in [0.717, 1.165) is 32.1 Å². The predicted octanol–water partition coefficient (Wildman–Crippen LogP) is 4.22. The first-order valence-corrected chi connectivity index (χ1v) is 12.3. The van der Waals surface area contributed by atoms with Crippen molar-refractivity contribution >= 4 is 23.4 Å². The van der Waals surface area contributed by atoms with Crippen LogP contribution in [-0.4, -0.2) is 36.9 Å². The second-order valence-corrected chi connectivity index (χ2v) is 8.61. The summed E-state index contributed by atoms with van der Waals surface area (Å²) in [4.78, 5) is 41.0. The van der Waals surface area contributed by atoms with Crippen LogP contribution in [-0.2, 0) is 9.59 Å². The van der Waals surface area contributed by atoms with Gasteiger partial charge in [0.2, 0.25) is 5.91 Å². The van der Waals surface area contributed by atoms with E-state index in [1.807, 2.05) is 6.92 Å². The summed E-state index contributed by atoms with van der Waals surface area (Å²) in [5.41, 5.74) is 0.468. The maximum absolute atomic E-state index is 13.6. The molecule has 36 heavy (non-hydrogen) atoms. The second-order valence-electron chi connectivity index (χ2n) is 8.61. The van der Waals surface area contributed by atoms with Crippen LogP contribution in [0.15, 0.2) is 69.9 Å². The van der Waals surface area contributed by atoms with E-state index in [0.29, 0.717) is 23.8 Å². The van der Waals surface area contributed by atoms with Crippen molar-refractivity contribution in [2.24, 2.45) is 0 Å². The molecule has 1 fully saturated rings. The summed E-state index contributed by atoms with van der Waals surface area (Å²) in [6.07, 6.45) is 7.90. The zero-order valence-corrected chi connectivity index (χ0v) is 20.3. The first kappa shape index (κ1) is 25.1. The molecule has 4 rings (SSSR count). The molecule has 1 aromatic carbocycles. The number of amides is 3. The van der Waals surface area contributed by atoms with Gasteiger partial charge in [-0.15, -0.1) is 0 Å². The van der Waals surface area contributed by atoms with Gasteiger partial charge in [0.1, 0.15) is 11.5 Å². The fraction of sp³-hybridized carbons (Fsp3) is 0.370. The van der Waals surface area contributed by atoms with Crippen molar-refractivity contribution in [3.8, 4) is 5.75 Å². The van der Waals surface area contributed by atoms with E-state index in [4.69, 9.17) is 13.6 Å². The summed E-state index contributed by atoms with van der Waals surface area (Å²) in [5, 5.41) is 5.69. The Bertz CT molecular complexity index is 1120. The Morgan fingerprint density at radius 1 is 1.00 bits per heavy atom. The number of rotatable bonds is 10. The molecule has 2 N–H and O–H groups in total. The highest BCUT2D eigenvalue weighted by Gasteiger charge is 2.36. The van der Waals surface area contributed by atoms with E-state index in [1.54, 1.807) is 42.5 Å². The summed E-state index contributed by atoms with van der Waals surface area (Å²) in [6.45, 7) is 2.04. The van der Waals surface area contributed by atoms with Gasteiger partial charge in [0.25, 0.3) is 11.8 Å². The average Bonchev–Trinajstić information content (AvgIpc) is 3.62. The Hall–Kier alpha value is -4.01. The Morgan fingerprint density at radius 3 is 2.36 bits per heavy atom. The summed E-state index contributed by atoms with van der Waals surface area (Å²) in [6, 6.07) is 12.3. The Balaban J connectivity index is 1.63. The largest absolute Gasteiger partial charge is 0.494 e. The molecule has 1 atom stereocenters. The number of carbonyl (C=O) groups is 3. The van der Waals surface area contributed by atoms with Gasteiger partial charge in [-0.3, -0.25) is 19.3 Å². The number of hydrogen-bond acceptors (Lipinski definition) is 6. The van der Waals surface area contributed by atoms with Gasteiger partial charge >= 0.3 is 0 Å². The molecular formula is C27H31N3O6. The normalized spacial score (nSPS) is 14.6. The van der Waals surface area contributed by atoms with Crippen LogP contribution in [0.1, 0.15) is 61.4 Å². The van der Waals surface area contributed by atoms with Gasteiger partial charge in [0.15, 0.2) is 11.8 Å². The molecule has 2 aromatic heterocycles. The molecular weight excluding hydrogens is 462 g/mol. The van der Waals surface area contributed by atoms with E-state index >= 15 is 0 Å². The van der Waals surface area contributed by atoms with E-state index in [9.17, 15) is 14.4 Å². The lowest BCUT2D eigenvalue weighted by Crippen LogP contribution is -2.49. The van der Waals surface area contributed by atoms with Gasteiger partial charge < -0.3 is 24.2 Å². The van der Waals surface area contributed by atoms with E-state index in [-0.39, 0.29) is 24.3 Å². The highest BCUT2D eigenvalue weighted by Crippen LogP contribution is 2.30. The number of anilines is 1. The summed E-state index contributed by atoms with van der Waals surface area (Å²) >= 11 is 0. The molecule has 3 amide bonds. The number of furan rings is 2. The molecule has 190 valence electrons. The van der Waals surface area contributed by atoms with Crippen LogP contribution in [0.4, 0.5) is 5.69 Å². The number of nitrogens with one attached hydrogen (secondary N) is 2. The molecule has 1 aliphatic carbocycles. The number of nitrogens with zero attached hydrogens (tertiary/aromatic N) is 1. The number of carbonyl (C=O) groups excluding carboxylic acids is 3. The van der Waals surface area contributed by atoms with Crippen LogP contribution in [0.25, 0.3) is 0 Å². The Labute approximate surface area is 209 Å². The zero-order chi connectivity index (χ0) is 25.3. The minimum Gasteiger partial charge on any atom is -0.494 e. The van der Waals surface area contributed by atoms with Gasteiger partial charge in [-0.2, -0.15) is 0 Å². The molecule has 0 radical (unpaired) electrons. The van der Waals surface area contributed by atoms with Crippen LogP contribution in [0, 0.1) is 0 Å². The van der Waals surface area contributed by atoms with Crippen LogP contribution >= 0.6 is 0 Å². The molecule has 0 aliphatic heterocycles. The van der Waals surface area contributed by atoms with Crippen molar-refractivity contribution in [3.63, 3.8) is 0 Å². The highest BCUT2D eigenvalue weighted by atomic mass is 16.5. The maximum atomic E-state index is 13.6. The molecule has 1 saturated carbocycles. The van der Waals surface area contributed by atoms with Crippen LogP contribution in [0.2, 0.25) is 0 Å². The van der Waals surface area contributed by atoms with Gasteiger partial charge in [-0.05, 0) is 68.3 Å². The first-order chi connectivity index (χ1) is 17.6. The number of benzene rings is 1. The molecule has 0 bridgehead atoms. The second kappa shape index (κ2) is 12.1. The van der Waals surface area contributed by atoms with Crippen LogP contribution < -0.4 is 20.3 Å². The molecule has 2 heterocycles. The third kappa shape index (κ3) is 6.16. The lowest BCUT2D eigenvalue weighted by atomic mass is 9.95. The minimum absolute atomic E-state index is 0.0413. The van der Waals surface area contributed by atoms with Crippen molar-refractivity contribution in [2.45, 2.75) is 51.1 Å². The molecule has 1 aliphatic rings. The molecule has 0 unspecified atom stereocenters. The minimum atomic E-state index is -1.06. The summed E-state index contributed by atoms with van der Waals surface area (Å²) in [7, 11) is 0. The molecule has 0 saturated heterocycles. The fourth-order valence-corrected chi connectivity index (χ4v) is 4.39. The van der Waals surface area contributed by atoms with Gasteiger partial charge in [0.05, 0.1) is 25.7 Å². The smallest absolute Gasteiger partial charge is 0.287 e. The average molecular weight is 494 g/mol. The van der Waals surface area contributed by atoms with Crippen LogP contribution in [0.3, 0.4) is 0 Å². The summed E-state index contributed by atoms with van der Waals surface area (Å²) < 4.78 is 16.3. The Kier molecular flexibility index (Phi) is 8.44. The number of hydrogen-bond donors (Lipinski definition) is 2. The quantitative estimate of drug-likeness (QED) is 0.437. The maximum Gasteiger partial charge on any atom is 0.287 e. The van der Waals surface area contributed by atoms with E-state index < -0.39 is 17.9 Å². The fourth-order valence-electron chi connectivity index (χ4n) is 4.39. The Morgan fingerprint density at radius 2 is 1.72 bits per heavy atom. The lowest BCUT2D eigenvalue weighted by Gasteiger charge is -2.32. The van der Waals surface area contributed by atoms with E-state index in [2.05, 4.69) is 10.6 Å². The van der Waals surface area contributed by atoms with Crippen molar-refractivity contribution in [1.29, 1.82) is 0 Å². The summed E-state index contributed by atoms with van der Waals surface area (Å²) in [5.74, 6) is -0.297. The highest BCUT2D eigenvalue weighted by molar-refractivity contribution is 6.04. The SMILES string of the molecule is CCOc1ccc(N(C(=O)CNC(=O)c2ccco2)[C@H](C(=O)NC2CCCCC2)c2ccco2)cc1. The predicted molar refractivity (Wildman–Crippen MR) is 133 cm³/mol. The van der Waals surface area contributed by atoms with Gasteiger partial charge in [-0.1, -0.05) is 19.3 Å². The zero-order valence-electron chi connectivity index (χ0n) is 20.3. The van der Waals surface area contributed by atoms with Gasteiger partial charge in [0, 0.05) is 11.7 Å². The first-order valence-electron chi connectivity index (χ1n) is 12.3. The molecule has 9 heteroatoms. The van der Waals surface area contributed by atoms with Crippen molar-refractivity contribution < 1.29 is 28.0 Å². The van der Waals surface area contributed by atoms with Crippen molar-refractivity contribution in [2.75, 3.05) is 18.1 Å². The molecule has 0 spiro atoms. The van der Waals surface area contributed by atoms with Crippen molar-refractivity contribution in [3.05, 3.63) is 72.6 Å². The lowest BCUT2D eigenvalue weighted by molar-refractivity contribution is -0.127. The molecule has 3 aromatic rings. The standard InChI is InChI=1S/C27H31N3O6/c1-2-34-21-14-12-20(13-15-21)30(24(31)18-28-26(32)23-11-7-17-36-23)25(22-10-6-16-35-22)27(33)29-19-8-4-3-5-9-19/h6-7,10-17,19,25H,2-5,8-9,18H2,1H3,(H,28,32)(H,29,33)/t25-/m0/s1. The third-order valence-electron chi connectivity index (χ3n) is 6.11. The third-order valence-corrected chi connectivity index (χ3v) is 6.11. The van der Waals surface area contributed by atoms with Crippen LogP contribution in [0.5, 0.6) is 5.75 Å². The molecule has 9 nitrogen and oxygen atoms in total. The van der Waals surface area contributed by atoms with Crippen molar-refractivity contribution in [1.82, 2.24) is 10.6 Å².